The van der Waals surface area contributed by atoms with E-state index in [0.29, 0.717) is 31.9 Å². The fraction of sp³-hybridized carbons (Fsp3) is 0.171. The Labute approximate surface area is 282 Å². The molecule has 236 valence electrons. The second-order valence-electron chi connectivity index (χ2n) is 11.1. The van der Waals surface area contributed by atoms with Crippen LogP contribution in [0.4, 0.5) is 11.4 Å². The molecule has 3 amide bonds. The van der Waals surface area contributed by atoms with Gasteiger partial charge in [0.15, 0.2) is 0 Å². The number of carbonyl (C=O) groups is 4. The standard InChI is InChI=1S/C35H26ClN3O6S2/c1-2-45-34(43)21-12-16-23(17-13-21)39-31(41)28-27(20-10-14-22(36)15-11-20)30-33(46-29(28)32(39)42)38(35(44)47-30)18-26(40)37-25-9-5-7-19-6-3-4-8-24(19)25/h3-17,27-29H,2,18H2,1H3,(H,37,40). The number of hydrogen-bond acceptors (Lipinski definition) is 8. The molecule has 4 aromatic carbocycles. The second-order valence-corrected chi connectivity index (χ2v) is 13.6. The van der Waals surface area contributed by atoms with Crippen molar-refractivity contribution < 1.29 is 23.9 Å². The highest BCUT2D eigenvalue weighted by atomic mass is 35.5. The number of nitrogens with zero attached hydrogens (tertiary/aromatic N) is 2. The first-order valence-corrected chi connectivity index (χ1v) is 16.9. The zero-order valence-electron chi connectivity index (χ0n) is 24.8. The van der Waals surface area contributed by atoms with Crippen LogP contribution in [-0.4, -0.2) is 40.1 Å². The number of anilines is 2. The average molecular weight is 684 g/mol. The molecule has 1 fully saturated rings. The molecule has 9 nitrogen and oxygen atoms in total. The Bertz CT molecular complexity index is 2120. The largest absolute Gasteiger partial charge is 0.462 e. The van der Waals surface area contributed by atoms with Crippen LogP contribution < -0.4 is 15.1 Å². The third-order valence-electron chi connectivity index (χ3n) is 8.28. The predicted octanol–water partition coefficient (Wildman–Crippen LogP) is 6.33. The molecule has 0 radical (unpaired) electrons. The lowest BCUT2D eigenvalue weighted by Crippen LogP contribution is -2.33. The summed E-state index contributed by atoms with van der Waals surface area (Å²) in [7, 11) is 0. The number of hydrogen-bond donors (Lipinski definition) is 1. The summed E-state index contributed by atoms with van der Waals surface area (Å²) in [6, 6.07) is 26.4. The van der Waals surface area contributed by atoms with Crippen LogP contribution in [-0.2, 0) is 25.7 Å². The molecule has 5 aromatic rings. The minimum Gasteiger partial charge on any atom is -0.462 e. The number of thiazole rings is 1. The summed E-state index contributed by atoms with van der Waals surface area (Å²) in [5.41, 5.74) is 1.97. The van der Waals surface area contributed by atoms with E-state index in [4.69, 9.17) is 16.3 Å². The van der Waals surface area contributed by atoms with Crippen molar-refractivity contribution >= 4 is 80.5 Å². The minimum absolute atomic E-state index is 0.219. The van der Waals surface area contributed by atoms with Crippen molar-refractivity contribution in [2.24, 2.45) is 5.92 Å². The van der Waals surface area contributed by atoms with Crippen LogP contribution in [0.5, 0.6) is 0 Å². The van der Waals surface area contributed by atoms with Gasteiger partial charge in [-0.3, -0.25) is 23.7 Å². The summed E-state index contributed by atoms with van der Waals surface area (Å²) in [6.07, 6.45) is 0. The van der Waals surface area contributed by atoms with Crippen molar-refractivity contribution in [1.82, 2.24) is 4.57 Å². The van der Waals surface area contributed by atoms with E-state index in [1.54, 1.807) is 49.4 Å². The van der Waals surface area contributed by atoms with E-state index in [-0.39, 0.29) is 18.0 Å². The van der Waals surface area contributed by atoms with Crippen molar-refractivity contribution in [1.29, 1.82) is 0 Å². The lowest BCUT2D eigenvalue weighted by Gasteiger charge is -2.30. The fourth-order valence-corrected chi connectivity index (χ4v) is 9.07. The van der Waals surface area contributed by atoms with E-state index in [0.717, 1.165) is 44.3 Å². The number of benzene rings is 4. The summed E-state index contributed by atoms with van der Waals surface area (Å²) in [5, 5.41) is 4.90. The van der Waals surface area contributed by atoms with Crippen LogP contribution in [0.15, 0.2) is 101 Å². The molecule has 1 saturated heterocycles. The maximum absolute atomic E-state index is 14.1. The number of fused-ring (bicyclic) bond motifs is 3. The van der Waals surface area contributed by atoms with Gasteiger partial charge in [-0.15, -0.1) is 0 Å². The SMILES string of the molecule is CCOC(=O)c1ccc(N2C(=O)C3Sc4c(sc(=O)n4CC(=O)Nc4cccc5ccccc45)C(c4ccc(Cl)cc4)C3C2=O)cc1. The first-order valence-electron chi connectivity index (χ1n) is 14.8. The lowest BCUT2D eigenvalue weighted by atomic mass is 9.83. The molecule has 1 aromatic heterocycles. The highest BCUT2D eigenvalue weighted by Crippen LogP contribution is 2.54. The number of aromatic nitrogens is 1. The van der Waals surface area contributed by atoms with Crippen LogP contribution in [0.1, 0.15) is 33.6 Å². The smallest absolute Gasteiger partial charge is 0.338 e. The van der Waals surface area contributed by atoms with Gasteiger partial charge >= 0.3 is 10.8 Å². The molecule has 2 aliphatic heterocycles. The summed E-state index contributed by atoms with van der Waals surface area (Å²) in [5.74, 6) is -3.20. The Morgan fingerprint density at radius 1 is 0.894 bits per heavy atom. The molecular weight excluding hydrogens is 658 g/mol. The van der Waals surface area contributed by atoms with Gasteiger partial charge in [0.05, 0.1) is 28.8 Å². The van der Waals surface area contributed by atoms with Gasteiger partial charge in [0.2, 0.25) is 17.7 Å². The summed E-state index contributed by atoms with van der Waals surface area (Å²) < 4.78 is 6.44. The zero-order valence-corrected chi connectivity index (χ0v) is 27.2. The molecule has 47 heavy (non-hydrogen) atoms. The Hall–Kier alpha value is -4.71. The third-order valence-corrected chi connectivity index (χ3v) is 11.1. The van der Waals surface area contributed by atoms with Crippen molar-refractivity contribution in [3.05, 3.63) is 122 Å². The zero-order chi connectivity index (χ0) is 32.8. The highest BCUT2D eigenvalue weighted by molar-refractivity contribution is 8.00. The van der Waals surface area contributed by atoms with Gasteiger partial charge in [0, 0.05) is 26.9 Å². The number of esters is 1. The summed E-state index contributed by atoms with van der Waals surface area (Å²) in [6.45, 7) is 1.66. The van der Waals surface area contributed by atoms with E-state index >= 15 is 0 Å². The maximum Gasteiger partial charge on any atom is 0.338 e. The Morgan fingerprint density at radius 3 is 2.36 bits per heavy atom. The van der Waals surface area contributed by atoms with Gasteiger partial charge in [-0.1, -0.05) is 83.2 Å². The summed E-state index contributed by atoms with van der Waals surface area (Å²) >= 11 is 8.31. The lowest BCUT2D eigenvalue weighted by molar-refractivity contribution is -0.122. The molecule has 7 rings (SSSR count). The van der Waals surface area contributed by atoms with Gasteiger partial charge in [-0.2, -0.15) is 0 Å². The van der Waals surface area contributed by atoms with Crippen molar-refractivity contribution in [2.45, 2.75) is 29.7 Å². The van der Waals surface area contributed by atoms with E-state index < -0.39 is 40.8 Å². The Morgan fingerprint density at radius 2 is 1.62 bits per heavy atom. The molecule has 0 bridgehead atoms. The van der Waals surface area contributed by atoms with Crippen molar-refractivity contribution in [2.75, 3.05) is 16.8 Å². The number of rotatable bonds is 7. The highest BCUT2D eigenvalue weighted by Gasteiger charge is 2.56. The Balaban J connectivity index is 1.24. The number of ether oxygens (including phenoxy) is 1. The van der Waals surface area contributed by atoms with Gasteiger partial charge in [-0.05, 0) is 60.3 Å². The number of amides is 3. The molecule has 0 spiro atoms. The number of imide groups is 1. The monoisotopic (exact) mass is 683 g/mol. The third kappa shape index (κ3) is 5.54. The molecule has 2 aliphatic rings. The topological polar surface area (TPSA) is 115 Å². The predicted molar refractivity (Wildman–Crippen MR) is 182 cm³/mol. The van der Waals surface area contributed by atoms with Crippen molar-refractivity contribution in [3.8, 4) is 0 Å². The number of nitrogens with one attached hydrogen (secondary N) is 1. The first kappa shape index (κ1) is 30.9. The van der Waals surface area contributed by atoms with Gasteiger partial charge in [0.1, 0.15) is 11.8 Å². The number of thioether (sulfide) groups is 1. The van der Waals surface area contributed by atoms with E-state index in [1.807, 2.05) is 36.4 Å². The summed E-state index contributed by atoms with van der Waals surface area (Å²) in [4.78, 5) is 68.6. The Kier molecular flexibility index (Phi) is 8.21. The minimum atomic E-state index is -0.859. The first-order chi connectivity index (χ1) is 22.7. The van der Waals surface area contributed by atoms with Crippen LogP contribution >= 0.6 is 34.7 Å². The van der Waals surface area contributed by atoms with Gasteiger partial charge in [-0.25, -0.2) is 9.69 Å². The van der Waals surface area contributed by atoms with Crippen molar-refractivity contribution in [3.63, 3.8) is 0 Å². The number of halogens is 1. The maximum atomic E-state index is 14.1. The van der Waals surface area contributed by atoms with E-state index in [1.165, 1.54) is 16.7 Å². The normalized spacial score (nSPS) is 18.6. The van der Waals surface area contributed by atoms with Crippen LogP contribution in [0.25, 0.3) is 10.8 Å². The van der Waals surface area contributed by atoms with Crippen LogP contribution in [0.2, 0.25) is 5.02 Å². The molecule has 12 heteroatoms. The molecule has 0 aliphatic carbocycles. The van der Waals surface area contributed by atoms with E-state index in [9.17, 15) is 24.0 Å². The second kappa shape index (κ2) is 12.5. The van der Waals surface area contributed by atoms with Crippen LogP contribution in [0.3, 0.4) is 0 Å². The molecule has 0 saturated carbocycles. The molecule has 3 unspecified atom stereocenters. The fourth-order valence-electron chi connectivity index (χ4n) is 6.17. The number of carbonyl (C=O) groups excluding carboxylic acids is 4. The molecule has 1 N–H and O–H groups in total. The molecular formula is C35H26ClN3O6S2. The van der Waals surface area contributed by atoms with Gasteiger partial charge < -0.3 is 10.1 Å². The molecule has 3 atom stereocenters. The quantitative estimate of drug-likeness (QED) is 0.158. The average Bonchev–Trinajstić information content (AvgIpc) is 3.51. The van der Waals surface area contributed by atoms with E-state index in [2.05, 4.69) is 5.32 Å². The van der Waals surface area contributed by atoms with Gasteiger partial charge in [0.25, 0.3) is 0 Å². The van der Waals surface area contributed by atoms with Crippen LogP contribution in [0, 0.1) is 5.92 Å². The molecule has 3 heterocycles.